The van der Waals surface area contributed by atoms with Gasteiger partial charge in [0.05, 0.1) is 24.1 Å². The average molecular weight is 393 g/mol. The Hall–Kier alpha value is -2.08. The summed E-state index contributed by atoms with van der Waals surface area (Å²) < 4.78 is 1.96. The van der Waals surface area contributed by atoms with Crippen molar-refractivity contribution in [3.63, 3.8) is 0 Å². The van der Waals surface area contributed by atoms with E-state index in [9.17, 15) is 0 Å². The molecule has 0 radical (unpaired) electrons. The molecule has 0 aliphatic rings. The van der Waals surface area contributed by atoms with Gasteiger partial charge in [0.2, 0.25) is 0 Å². The lowest BCUT2D eigenvalue weighted by Crippen LogP contribution is -1.98. The maximum atomic E-state index is 6.22. The first kappa shape index (κ1) is 16.4. The van der Waals surface area contributed by atoms with Crippen LogP contribution in [0.3, 0.4) is 0 Å². The minimum absolute atomic E-state index is 0.426. The quantitative estimate of drug-likeness (QED) is 0.510. The summed E-state index contributed by atoms with van der Waals surface area (Å²) in [7, 11) is 0. The molecule has 0 spiro atoms. The number of fused-ring (bicyclic) bond motifs is 1. The Morgan fingerprint density at radius 3 is 2.76 bits per heavy atom. The Kier molecular flexibility index (Phi) is 4.37. The van der Waals surface area contributed by atoms with Gasteiger partial charge in [-0.15, -0.1) is 0 Å². The van der Waals surface area contributed by atoms with Gasteiger partial charge in [-0.3, -0.25) is 0 Å². The lowest BCUT2D eigenvalue weighted by molar-refractivity contribution is 0.757. The molecule has 0 saturated heterocycles. The van der Waals surface area contributed by atoms with Crippen molar-refractivity contribution in [1.29, 1.82) is 0 Å². The van der Waals surface area contributed by atoms with E-state index in [0.717, 1.165) is 22.6 Å². The van der Waals surface area contributed by atoms with E-state index in [0.29, 0.717) is 33.8 Å². The summed E-state index contributed by atoms with van der Waals surface area (Å²) >= 11 is 18.0. The monoisotopic (exact) mass is 391 g/mol. The summed E-state index contributed by atoms with van der Waals surface area (Å²) in [6, 6.07) is 9.08. The van der Waals surface area contributed by atoms with E-state index in [1.807, 2.05) is 29.0 Å². The maximum Gasteiger partial charge on any atom is 0.179 e. The smallest absolute Gasteiger partial charge is 0.179 e. The third-order valence-electron chi connectivity index (χ3n) is 3.77. The van der Waals surface area contributed by atoms with Gasteiger partial charge < -0.3 is 9.55 Å². The van der Waals surface area contributed by atoms with E-state index in [4.69, 9.17) is 34.8 Å². The number of pyridine rings is 1. The zero-order valence-electron chi connectivity index (χ0n) is 12.9. The van der Waals surface area contributed by atoms with Crippen LogP contribution in [0.25, 0.3) is 11.2 Å². The van der Waals surface area contributed by atoms with Gasteiger partial charge in [0.1, 0.15) is 11.0 Å². The molecule has 4 rings (SSSR count). The van der Waals surface area contributed by atoms with Crippen LogP contribution >= 0.6 is 34.8 Å². The van der Waals surface area contributed by atoms with Crippen molar-refractivity contribution in [2.75, 3.05) is 0 Å². The van der Waals surface area contributed by atoms with Crippen molar-refractivity contribution in [3.8, 4) is 0 Å². The zero-order chi connectivity index (χ0) is 17.4. The molecule has 0 atom stereocenters. The summed E-state index contributed by atoms with van der Waals surface area (Å²) in [5.74, 6) is 0.790. The number of halogens is 3. The molecule has 0 bridgehead atoms. The zero-order valence-corrected chi connectivity index (χ0v) is 15.1. The fourth-order valence-electron chi connectivity index (χ4n) is 2.61. The van der Waals surface area contributed by atoms with Gasteiger partial charge in [0.15, 0.2) is 5.65 Å². The molecule has 0 aliphatic heterocycles. The molecule has 126 valence electrons. The van der Waals surface area contributed by atoms with Crippen LogP contribution in [0.2, 0.25) is 15.2 Å². The molecule has 8 heteroatoms. The first-order chi connectivity index (χ1) is 12.1. The minimum atomic E-state index is 0.426. The predicted molar refractivity (Wildman–Crippen MR) is 99.5 cm³/mol. The third kappa shape index (κ3) is 3.63. The van der Waals surface area contributed by atoms with Crippen LogP contribution in [0.15, 0.2) is 42.9 Å². The highest BCUT2D eigenvalue weighted by Crippen LogP contribution is 2.23. The lowest BCUT2D eigenvalue weighted by atomic mass is 10.1. The second-order valence-electron chi connectivity index (χ2n) is 5.64. The number of benzene rings is 1. The fourth-order valence-corrected chi connectivity index (χ4v) is 3.23. The Morgan fingerprint density at radius 2 is 1.92 bits per heavy atom. The molecule has 0 unspecified atom stereocenters. The number of hydrogen-bond donors (Lipinski definition) is 1. The number of nitrogens with zero attached hydrogens (tertiary/aromatic N) is 4. The van der Waals surface area contributed by atoms with Gasteiger partial charge in [-0.1, -0.05) is 40.9 Å². The summed E-state index contributed by atoms with van der Waals surface area (Å²) in [4.78, 5) is 16.3. The van der Waals surface area contributed by atoms with Gasteiger partial charge in [0.25, 0.3) is 0 Å². The third-order valence-corrected chi connectivity index (χ3v) is 4.56. The molecule has 25 heavy (non-hydrogen) atoms. The SMILES string of the molecule is Clc1ccc(Cc2cn(Cc3nc4nc(Cl)ccc4[nH]3)cn2)c(Cl)c1. The Labute approximate surface area is 158 Å². The van der Waals surface area contributed by atoms with E-state index in [1.165, 1.54) is 0 Å². The van der Waals surface area contributed by atoms with Crippen molar-refractivity contribution in [1.82, 2.24) is 24.5 Å². The van der Waals surface area contributed by atoms with E-state index in [2.05, 4.69) is 19.9 Å². The molecular weight excluding hydrogens is 381 g/mol. The summed E-state index contributed by atoms with van der Waals surface area (Å²) in [5.41, 5.74) is 3.36. The van der Waals surface area contributed by atoms with Crippen LogP contribution in [-0.2, 0) is 13.0 Å². The Morgan fingerprint density at radius 1 is 1.04 bits per heavy atom. The highest BCUT2D eigenvalue weighted by Gasteiger charge is 2.08. The number of rotatable bonds is 4. The van der Waals surface area contributed by atoms with E-state index in [1.54, 1.807) is 18.5 Å². The van der Waals surface area contributed by atoms with Gasteiger partial charge in [-0.25, -0.2) is 15.0 Å². The van der Waals surface area contributed by atoms with Crippen LogP contribution in [-0.4, -0.2) is 24.5 Å². The van der Waals surface area contributed by atoms with Gasteiger partial charge >= 0.3 is 0 Å². The van der Waals surface area contributed by atoms with E-state index < -0.39 is 0 Å². The van der Waals surface area contributed by atoms with Gasteiger partial charge in [-0.05, 0) is 29.8 Å². The maximum absolute atomic E-state index is 6.22. The number of hydrogen-bond acceptors (Lipinski definition) is 3. The first-order valence-corrected chi connectivity index (χ1v) is 8.66. The lowest BCUT2D eigenvalue weighted by Gasteiger charge is -2.02. The van der Waals surface area contributed by atoms with Crippen molar-refractivity contribution in [2.45, 2.75) is 13.0 Å². The molecule has 1 N–H and O–H groups in total. The van der Waals surface area contributed by atoms with E-state index in [-0.39, 0.29) is 0 Å². The number of nitrogens with one attached hydrogen (secondary N) is 1. The van der Waals surface area contributed by atoms with Crippen molar-refractivity contribution < 1.29 is 0 Å². The molecule has 0 amide bonds. The standard InChI is InChI=1S/C17H12Cl3N5/c18-11-2-1-10(13(19)6-11)5-12-7-25(9-21-12)8-16-22-14-3-4-15(20)23-17(14)24-16/h1-4,6-7,9H,5,8H2,(H,22,23,24). The van der Waals surface area contributed by atoms with Gasteiger partial charge in [0, 0.05) is 22.7 Å². The normalized spacial score (nSPS) is 11.3. The number of imidazole rings is 2. The molecule has 3 heterocycles. The molecule has 3 aromatic heterocycles. The first-order valence-electron chi connectivity index (χ1n) is 7.52. The molecular formula is C17H12Cl3N5. The predicted octanol–water partition coefficient (Wildman–Crippen LogP) is 4.75. The molecule has 0 fully saturated rings. The van der Waals surface area contributed by atoms with Crippen LogP contribution in [0.1, 0.15) is 17.1 Å². The Balaban J connectivity index is 1.52. The number of aromatic amines is 1. The molecule has 1 aromatic carbocycles. The highest BCUT2D eigenvalue weighted by molar-refractivity contribution is 6.35. The largest absolute Gasteiger partial charge is 0.339 e. The van der Waals surface area contributed by atoms with Crippen LogP contribution < -0.4 is 0 Å². The van der Waals surface area contributed by atoms with E-state index >= 15 is 0 Å². The van der Waals surface area contributed by atoms with Crippen molar-refractivity contribution >= 4 is 46.0 Å². The molecule has 5 nitrogen and oxygen atoms in total. The van der Waals surface area contributed by atoms with Crippen molar-refractivity contribution in [3.05, 3.63) is 75.1 Å². The summed E-state index contributed by atoms with van der Waals surface area (Å²) in [6.45, 7) is 0.565. The second-order valence-corrected chi connectivity index (χ2v) is 6.87. The summed E-state index contributed by atoms with van der Waals surface area (Å²) in [5, 5.41) is 1.69. The van der Waals surface area contributed by atoms with Crippen molar-refractivity contribution in [2.24, 2.45) is 0 Å². The second kappa shape index (κ2) is 6.67. The molecule has 0 aliphatic carbocycles. The summed E-state index contributed by atoms with van der Waals surface area (Å²) in [6.07, 6.45) is 4.38. The van der Waals surface area contributed by atoms with Gasteiger partial charge in [-0.2, -0.15) is 0 Å². The van der Waals surface area contributed by atoms with Crippen LogP contribution in [0, 0.1) is 0 Å². The Bertz CT molecular complexity index is 1050. The fraction of sp³-hybridized carbons (Fsp3) is 0.118. The average Bonchev–Trinajstić information content (AvgIpc) is 3.16. The topological polar surface area (TPSA) is 59.4 Å². The highest BCUT2D eigenvalue weighted by atomic mass is 35.5. The molecule has 4 aromatic rings. The van der Waals surface area contributed by atoms with Crippen LogP contribution in [0.5, 0.6) is 0 Å². The molecule has 0 saturated carbocycles. The number of aromatic nitrogens is 5. The minimum Gasteiger partial charge on any atom is -0.339 e. The number of H-pyrrole nitrogens is 1. The van der Waals surface area contributed by atoms with Crippen LogP contribution in [0.4, 0.5) is 0 Å².